The second-order valence-corrected chi connectivity index (χ2v) is 9.09. The predicted octanol–water partition coefficient (Wildman–Crippen LogP) is 5.88. The lowest BCUT2D eigenvalue weighted by Crippen LogP contribution is -2.32. The molecule has 0 fully saturated rings. The van der Waals surface area contributed by atoms with Crippen molar-refractivity contribution in [2.45, 2.75) is 13.8 Å². The van der Waals surface area contributed by atoms with E-state index >= 15 is 8.78 Å². The number of amides is 1. The van der Waals surface area contributed by atoms with Gasteiger partial charge < -0.3 is 19.5 Å². The number of hydrogen-bond donors (Lipinski definition) is 1. The van der Waals surface area contributed by atoms with Gasteiger partial charge in [0.15, 0.2) is 23.1 Å². The number of methoxy groups -OCH3 is 2. The molecule has 0 bridgehead atoms. The van der Waals surface area contributed by atoms with Crippen LogP contribution in [0.25, 0.3) is 16.7 Å². The van der Waals surface area contributed by atoms with Gasteiger partial charge in [0.2, 0.25) is 0 Å². The van der Waals surface area contributed by atoms with Gasteiger partial charge in [-0.15, -0.1) is 0 Å². The second-order valence-electron chi connectivity index (χ2n) is 9.09. The van der Waals surface area contributed by atoms with Gasteiger partial charge in [-0.05, 0) is 50.2 Å². The van der Waals surface area contributed by atoms with Crippen molar-refractivity contribution in [1.29, 1.82) is 0 Å². The lowest BCUT2D eigenvalue weighted by molar-refractivity contribution is 0.102. The van der Waals surface area contributed by atoms with Gasteiger partial charge in [0, 0.05) is 41.3 Å². The lowest BCUT2D eigenvalue weighted by atomic mass is 10.1. The number of aromatic nitrogens is 3. The molecule has 12 heteroatoms. The van der Waals surface area contributed by atoms with Crippen LogP contribution in [-0.4, -0.2) is 34.7 Å². The summed E-state index contributed by atoms with van der Waals surface area (Å²) in [5.74, 6) is -2.59. The average Bonchev–Trinajstić information content (AvgIpc) is 2.98. The molecule has 2 aromatic carbocycles. The molecule has 0 radical (unpaired) electrons. The van der Waals surface area contributed by atoms with E-state index in [4.69, 9.17) is 14.2 Å². The zero-order valence-corrected chi connectivity index (χ0v) is 22.8. The van der Waals surface area contributed by atoms with E-state index in [-0.39, 0.29) is 40.0 Å². The predicted molar refractivity (Wildman–Crippen MR) is 148 cm³/mol. The summed E-state index contributed by atoms with van der Waals surface area (Å²) >= 11 is 0. The summed E-state index contributed by atoms with van der Waals surface area (Å²) in [6, 6.07) is 11.5. The van der Waals surface area contributed by atoms with Crippen molar-refractivity contribution in [2.75, 3.05) is 19.5 Å². The molecular weight excluding hydrogens is 553 g/mol. The minimum Gasteiger partial charge on any atom is -0.491 e. The molecule has 3 aromatic heterocycles. The first kappa shape index (κ1) is 28.1. The van der Waals surface area contributed by atoms with Gasteiger partial charge in [-0.1, -0.05) is 0 Å². The Morgan fingerprint density at radius 1 is 0.905 bits per heavy atom. The van der Waals surface area contributed by atoms with Crippen molar-refractivity contribution in [3.63, 3.8) is 0 Å². The number of hydrogen-bond acceptors (Lipinski definition) is 7. The van der Waals surface area contributed by atoms with E-state index in [1.807, 2.05) is 0 Å². The van der Waals surface area contributed by atoms with E-state index in [0.717, 1.165) is 22.8 Å². The van der Waals surface area contributed by atoms with Gasteiger partial charge in [0.05, 0.1) is 25.4 Å². The summed E-state index contributed by atoms with van der Waals surface area (Å²) in [6.45, 7) is 2.67. The highest BCUT2D eigenvalue weighted by Crippen LogP contribution is 2.35. The number of anilines is 1. The van der Waals surface area contributed by atoms with Crippen LogP contribution in [-0.2, 0) is 0 Å². The number of carbonyl (C=O) groups is 1. The summed E-state index contributed by atoms with van der Waals surface area (Å²) in [5, 5.41) is 2.44. The molecule has 42 heavy (non-hydrogen) atoms. The molecule has 0 saturated heterocycles. The molecule has 0 aliphatic carbocycles. The molecule has 9 nitrogen and oxygen atoms in total. The summed E-state index contributed by atoms with van der Waals surface area (Å²) in [4.78, 5) is 35.1. The molecule has 5 aromatic rings. The maximum atomic E-state index is 15.1. The summed E-state index contributed by atoms with van der Waals surface area (Å²) < 4.78 is 60.9. The zero-order valence-electron chi connectivity index (χ0n) is 22.8. The van der Waals surface area contributed by atoms with Crippen molar-refractivity contribution < 1.29 is 32.2 Å². The van der Waals surface area contributed by atoms with Crippen LogP contribution in [0.5, 0.6) is 23.1 Å². The third-order valence-electron chi connectivity index (χ3n) is 6.52. The highest BCUT2D eigenvalue weighted by atomic mass is 19.1. The Morgan fingerprint density at radius 2 is 1.64 bits per heavy atom. The number of benzene rings is 2. The monoisotopic (exact) mass is 576 g/mol. The Kier molecular flexibility index (Phi) is 7.53. The highest BCUT2D eigenvalue weighted by Gasteiger charge is 2.24. The van der Waals surface area contributed by atoms with Gasteiger partial charge in [-0.2, -0.15) is 0 Å². The van der Waals surface area contributed by atoms with Crippen molar-refractivity contribution in [1.82, 2.24) is 14.5 Å². The number of rotatable bonds is 7. The standard InChI is InChI=1S/C30H23F3N4O5/c1-15-25(30(39)37(16(2)26(15)33)19-8-5-17(31)6-9-19)28(38)35-18-7-10-22(20(32)13-18)42-23-11-12-34-21-14-24(40-3)29(41-4)36-27(21)23/h5-14H,1-4H3,(H,35,38). The van der Waals surface area contributed by atoms with Gasteiger partial charge >= 0.3 is 0 Å². The smallest absolute Gasteiger partial charge is 0.268 e. The zero-order chi connectivity index (χ0) is 30.1. The Morgan fingerprint density at radius 3 is 2.31 bits per heavy atom. The van der Waals surface area contributed by atoms with Crippen LogP contribution in [0.2, 0.25) is 0 Å². The van der Waals surface area contributed by atoms with E-state index in [1.54, 1.807) is 6.07 Å². The molecule has 0 aliphatic heterocycles. The largest absolute Gasteiger partial charge is 0.491 e. The number of nitrogens with zero attached hydrogens (tertiary/aromatic N) is 3. The fourth-order valence-electron chi connectivity index (χ4n) is 4.43. The van der Waals surface area contributed by atoms with Crippen molar-refractivity contribution in [3.8, 4) is 28.8 Å². The van der Waals surface area contributed by atoms with Crippen molar-refractivity contribution in [3.05, 3.63) is 105 Å². The maximum absolute atomic E-state index is 15.1. The van der Waals surface area contributed by atoms with Gasteiger partial charge in [-0.3, -0.25) is 19.1 Å². The molecule has 0 saturated carbocycles. The Bertz CT molecular complexity index is 1910. The topological polar surface area (TPSA) is 105 Å². The Labute approximate surface area is 237 Å². The van der Waals surface area contributed by atoms with E-state index in [2.05, 4.69) is 15.3 Å². The van der Waals surface area contributed by atoms with Crippen LogP contribution in [0, 0.1) is 31.3 Å². The van der Waals surface area contributed by atoms with E-state index in [0.29, 0.717) is 16.8 Å². The molecule has 214 valence electrons. The first-order valence-corrected chi connectivity index (χ1v) is 12.5. The number of nitrogens with one attached hydrogen (secondary N) is 1. The summed E-state index contributed by atoms with van der Waals surface area (Å²) in [5.41, 5.74) is -0.666. The van der Waals surface area contributed by atoms with Crippen molar-refractivity contribution in [2.24, 2.45) is 0 Å². The van der Waals surface area contributed by atoms with E-state index in [1.165, 1.54) is 64.6 Å². The number of carbonyl (C=O) groups excluding carboxylic acids is 1. The average molecular weight is 577 g/mol. The molecule has 0 spiro atoms. The van der Waals surface area contributed by atoms with Crippen LogP contribution >= 0.6 is 0 Å². The molecule has 0 aliphatic rings. The summed E-state index contributed by atoms with van der Waals surface area (Å²) in [7, 11) is 2.88. The summed E-state index contributed by atoms with van der Waals surface area (Å²) in [6.07, 6.45) is 1.46. The molecule has 1 N–H and O–H groups in total. The lowest BCUT2D eigenvalue weighted by Gasteiger charge is -2.16. The number of halogens is 3. The molecule has 1 amide bonds. The molecule has 3 heterocycles. The SMILES string of the molecule is COc1cc2nccc(Oc3ccc(NC(=O)c4c(C)c(F)c(C)n(-c5ccc(F)cc5)c4=O)cc3F)c2nc1OC. The first-order chi connectivity index (χ1) is 20.1. The number of pyridine rings is 3. The minimum absolute atomic E-state index is 0.0120. The highest BCUT2D eigenvalue weighted by molar-refractivity contribution is 6.05. The van der Waals surface area contributed by atoms with Crippen molar-refractivity contribution >= 4 is 22.6 Å². The van der Waals surface area contributed by atoms with Gasteiger partial charge in [0.25, 0.3) is 17.3 Å². The number of ether oxygens (including phenoxy) is 3. The second kappa shape index (κ2) is 11.2. The Hall–Kier alpha value is -5.39. The minimum atomic E-state index is -0.953. The Balaban J connectivity index is 1.45. The van der Waals surface area contributed by atoms with Gasteiger partial charge in [-0.25, -0.2) is 18.2 Å². The first-order valence-electron chi connectivity index (χ1n) is 12.5. The van der Waals surface area contributed by atoms with E-state index in [9.17, 15) is 14.0 Å². The number of fused-ring (bicyclic) bond motifs is 1. The van der Waals surface area contributed by atoms with Crippen LogP contribution in [0.4, 0.5) is 18.9 Å². The molecule has 0 unspecified atom stereocenters. The third-order valence-corrected chi connectivity index (χ3v) is 6.52. The quantitative estimate of drug-likeness (QED) is 0.258. The molecular formula is C30H23F3N4O5. The molecule has 0 atom stereocenters. The third kappa shape index (κ3) is 5.09. The van der Waals surface area contributed by atoms with Crippen LogP contribution in [0.1, 0.15) is 21.6 Å². The van der Waals surface area contributed by atoms with Crippen LogP contribution < -0.4 is 25.1 Å². The van der Waals surface area contributed by atoms with Crippen LogP contribution in [0.15, 0.2) is 65.6 Å². The molecule has 5 rings (SSSR count). The van der Waals surface area contributed by atoms with E-state index < -0.39 is 34.5 Å². The fraction of sp³-hybridized carbons (Fsp3) is 0.133. The fourth-order valence-corrected chi connectivity index (χ4v) is 4.43. The van der Waals surface area contributed by atoms with Gasteiger partial charge in [0.1, 0.15) is 22.7 Å². The normalized spacial score (nSPS) is 10.9. The van der Waals surface area contributed by atoms with Crippen LogP contribution in [0.3, 0.4) is 0 Å². The maximum Gasteiger partial charge on any atom is 0.268 e.